The summed E-state index contributed by atoms with van der Waals surface area (Å²) >= 11 is 0. The van der Waals surface area contributed by atoms with Crippen molar-refractivity contribution in [3.63, 3.8) is 0 Å². The lowest BCUT2D eigenvalue weighted by molar-refractivity contribution is -0.415. The van der Waals surface area contributed by atoms with Crippen molar-refractivity contribution in [2.24, 2.45) is 5.92 Å². The summed E-state index contributed by atoms with van der Waals surface area (Å²) in [7, 11) is 0. The van der Waals surface area contributed by atoms with E-state index in [-0.39, 0.29) is 18.1 Å². The van der Waals surface area contributed by atoms with Gasteiger partial charge in [0.05, 0.1) is 45.1 Å². The van der Waals surface area contributed by atoms with Gasteiger partial charge in [-0.1, -0.05) is 92.4 Å². The van der Waals surface area contributed by atoms with Gasteiger partial charge < -0.3 is 23.7 Å². The molecule has 5 heteroatoms. The molecule has 5 nitrogen and oxygen atoms in total. The maximum Gasteiger partial charge on any atom is 0.288 e. The van der Waals surface area contributed by atoms with Crippen molar-refractivity contribution < 1.29 is 23.7 Å². The molecule has 1 fully saturated rings. The molecule has 1 aliphatic heterocycles. The van der Waals surface area contributed by atoms with Gasteiger partial charge in [-0.2, -0.15) is 0 Å². The van der Waals surface area contributed by atoms with Gasteiger partial charge in [0, 0.05) is 0 Å². The first-order chi connectivity index (χ1) is 16.2. The largest absolute Gasteiger partial charge is 0.375 e. The third-order valence-corrected chi connectivity index (χ3v) is 6.48. The van der Waals surface area contributed by atoms with E-state index < -0.39 is 5.97 Å². The van der Waals surface area contributed by atoms with Gasteiger partial charge >= 0.3 is 0 Å². The summed E-state index contributed by atoms with van der Waals surface area (Å²) in [6, 6.07) is 0. The minimum atomic E-state index is -1.02. The molecular formula is C28H56O5. The van der Waals surface area contributed by atoms with Crippen molar-refractivity contribution >= 4 is 0 Å². The van der Waals surface area contributed by atoms with Crippen molar-refractivity contribution in [3.8, 4) is 0 Å². The quantitative estimate of drug-likeness (QED) is 0.0775. The van der Waals surface area contributed by atoms with E-state index in [2.05, 4.69) is 34.6 Å². The van der Waals surface area contributed by atoms with Gasteiger partial charge in [0.15, 0.2) is 0 Å². The fraction of sp³-hybridized carbons (Fsp3) is 1.00. The van der Waals surface area contributed by atoms with Crippen molar-refractivity contribution in [1.82, 2.24) is 0 Å². The lowest BCUT2D eigenvalue weighted by atomic mass is 9.90. The second-order valence-corrected chi connectivity index (χ2v) is 9.61. The van der Waals surface area contributed by atoms with Crippen LogP contribution in [0.15, 0.2) is 0 Å². The molecule has 0 aromatic heterocycles. The van der Waals surface area contributed by atoms with E-state index in [0.717, 1.165) is 64.4 Å². The smallest absolute Gasteiger partial charge is 0.288 e. The molecule has 0 aliphatic carbocycles. The van der Waals surface area contributed by atoms with Crippen LogP contribution in [0.2, 0.25) is 0 Å². The van der Waals surface area contributed by atoms with Gasteiger partial charge in [-0.3, -0.25) is 0 Å². The highest BCUT2D eigenvalue weighted by molar-refractivity contribution is 4.82. The Bertz CT molecular complexity index is 400. The first-order valence-electron chi connectivity index (χ1n) is 14.3. The molecule has 0 bridgehead atoms. The first kappa shape index (κ1) is 30.8. The van der Waals surface area contributed by atoms with Crippen LogP contribution >= 0.6 is 0 Å². The second kappa shape index (κ2) is 20.0. The maximum atomic E-state index is 6.57. The van der Waals surface area contributed by atoms with Crippen LogP contribution < -0.4 is 0 Å². The molecule has 1 heterocycles. The topological polar surface area (TPSA) is 49.5 Å². The monoisotopic (exact) mass is 472 g/mol. The summed E-state index contributed by atoms with van der Waals surface area (Å²) in [5.41, 5.74) is 0. The molecule has 0 radical (unpaired) electrons. The summed E-state index contributed by atoms with van der Waals surface area (Å²) in [6.07, 6.45) is 16.1. The number of hydrogen-bond donors (Lipinski definition) is 0. The molecular weight excluding hydrogens is 416 g/mol. The lowest BCUT2D eigenvalue weighted by Gasteiger charge is -2.43. The van der Waals surface area contributed by atoms with Crippen LogP contribution in [-0.4, -0.2) is 51.2 Å². The van der Waals surface area contributed by atoms with Crippen LogP contribution in [-0.2, 0) is 23.7 Å². The Balaban J connectivity index is 3.03. The highest BCUT2D eigenvalue weighted by atomic mass is 16.9. The Kier molecular flexibility index (Phi) is 18.7. The predicted octanol–water partition coefficient (Wildman–Crippen LogP) is 7.65. The van der Waals surface area contributed by atoms with Gasteiger partial charge in [0.1, 0.15) is 6.10 Å². The molecule has 3 atom stereocenters. The van der Waals surface area contributed by atoms with E-state index in [1.165, 1.54) is 32.1 Å². The maximum absolute atomic E-state index is 6.57. The fourth-order valence-electron chi connectivity index (χ4n) is 4.17. The van der Waals surface area contributed by atoms with E-state index in [1.54, 1.807) is 0 Å². The van der Waals surface area contributed by atoms with Gasteiger partial charge in [0.25, 0.3) is 5.97 Å². The van der Waals surface area contributed by atoms with Gasteiger partial charge in [-0.15, -0.1) is 0 Å². The predicted molar refractivity (Wildman–Crippen MR) is 137 cm³/mol. The highest BCUT2D eigenvalue weighted by Gasteiger charge is 2.47. The molecule has 1 aliphatic rings. The molecule has 0 saturated carbocycles. The third-order valence-electron chi connectivity index (χ3n) is 6.48. The zero-order valence-electron chi connectivity index (χ0n) is 22.7. The summed E-state index contributed by atoms with van der Waals surface area (Å²) in [6.45, 7) is 14.5. The van der Waals surface area contributed by atoms with Gasteiger partial charge in [-0.05, 0) is 32.1 Å². The Morgan fingerprint density at radius 3 is 1.64 bits per heavy atom. The van der Waals surface area contributed by atoms with Crippen LogP contribution in [0.5, 0.6) is 0 Å². The number of hydrogen-bond acceptors (Lipinski definition) is 5. The summed E-state index contributed by atoms with van der Waals surface area (Å²) in [5, 5.41) is 0. The van der Waals surface area contributed by atoms with E-state index in [4.69, 9.17) is 23.7 Å². The standard InChI is InChI=1S/C28H56O5/c1-6-11-15-16-17-18-19-26(27(10-5)30-24-25-23-29-25)28(31-20-12-7-2,32-21-13-8-3)33-22-14-9-4/h25-27H,6-24H2,1-5H3. The number of unbranched alkanes of at least 4 members (excludes halogenated alkanes) is 8. The van der Waals surface area contributed by atoms with Crippen molar-refractivity contribution in [3.05, 3.63) is 0 Å². The molecule has 1 rings (SSSR count). The van der Waals surface area contributed by atoms with Gasteiger partial charge in [-0.25, -0.2) is 0 Å². The van der Waals surface area contributed by atoms with Crippen molar-refractivity contribution in [1.29, 1.82) is 0 Å². The number of rotatable bonds is 25. The zero-order chi connectivity index (χ0) is 24.2. The van der Waals surface area contributed by atoms with Crippen molar-refractivity contribution in [2.45, 2.75) is 143 Å². The molecule has 3 unspecified atom stereocenters. The average Bonchev–Trinajstić information content (AvgIpc) is 3.65. The van der Waals surface area contributed by atoms with E-state index in [0.29, 0.717) is 26.4 Å². The lowest BCUT2D eigenvalue weighted by Crippen LogP contribution is -2.52. The SMILES string of the molecule is CCCCCCCCC(C(CC)OCC1CO1)C(OCCCC)(OCCCC)OCCCC. The highest BCUT2D eigenvalue weighted by Crippen LogP contribution is 2.37. The van der Waals surface area contributed by atoms with Crippen LogP contribution in [0.1, 0.15) is 125 Å². The number of epoxide rings is 1. The zero-order valence-corrected chi connectivity index (χ0v) is 22.7. The Hall–Kier alpha value is -0.200. The Labute approximate surface area is 205 Å². The minimum Gasteiger partial charge on any atom is -0.375 e. The van der Waals surface area contributed by atoms with Crippen LogP contribution in [0, 0.1) is 5.92 Å². The fourth-order valence-corrected chi connectivity index (χ4v) is 4.17. The normalized spacial score (nSPS) is 17.9. The summed E-state index contributed by atoms with van der Waals surface area (Å²) < 4.78 is 31.6. The number of ether oxygens (including phenoxy) is 5. The molecule has 0 spiro atoms. The van der Waals surface area contributed by atoms with E-state index in [1.807, 2.05) is 0 Å². The molecule has 0 amide bonds. The average molecular weight is 473 g/mol. The molecule has 198 valence electrons. The van der Waals surface area contributed by atoms with Crippen LogP contribution in [0.3, 0.4) is 0 Å². The second-order valence-electron chi connectivity index (χ2n) is 9.61. The summed E-state index contributed by atoms with van der Waals surface area (Å²) in [5.74, 6) is -0.966. The van der Waals surface area contributed by atoms with Crippen molar-refractivity contribution in [2.75, 3.05) is 33.0 Å². The van der Waals surface area contributed by atoms with E-state index >= 15 is 0 Å². The molecule has 0 aromatic carbocycles. The van der Waals surface area contributed by atoms with Gasteiger partial charge in [0.2, 0.25) is 0 Å². The third kappa shape index (κ3) is 13.5. The Morgan fingerprint density at radius 1 is 0.697 bits per heavy atom. The minimum absolute atomic E-state index is 0.0368. The molecule has 1 saturated heterocycles. The van der Waals surface area contributed by atoms with Crippen LogP contribution in [0.4, 0.5) is 0 Å². The molecule has 0 N–H and O–H groups in total. The first-order valence-corrected chi connectivity index (χ1v) is 14.3. The van der Waals surface area contributed by atoms with Crippen LogP contribution in [0.25, 0.3) is 0 Å². The van der Waals surface area contributed by atoms with E-state index in [9.17, 15) is 0 Å². The Morgan fingerprint density at radius 2 is 1.18 bits per heavy atom. The summed E-state index contributed by atoms with van der Waals surface area (Å²) in [4.78, 5) is 0. The molecule has 33 heavy (non-hydrogen) atoms. The molecule has 0 aromatic rings.